The summed E-state index contributed by atoms with van der Waals surface area (Å²) in [4.78, 5) is 5.78. The van der Waals surface area contributed by atoms with Gasteiger partial charge in [0.15, 0.2) is 17.6 Å². The second-order valence-electron chi connectivity index (χ2n) is 6.89. The fourth-order valence-corrected chi connectivity index (χ4v) is 3.66. The van der Waals surface area contributed by atoms with E-state index < -0.39 is 0 Å². The van der Waals surface area contributed by atoms with Crippen molar-refractivity contribution < 1.29 is 23.8 Å². The molecule has 2 aromatic carbocycles. The number of hydrogen-bond acceptors (Lipinski definition) is 7. The SMILES string of the molecule is COc1cc([C@H]2ON=C(CNCc3ccc(Cl)cc3)[C@H]2C)c(OC)c2c1OCO2. The van der Waals surface area contributed by atoms with Crippen LogP contribution in [0.4, 0.5) is 0 Å². The quantitative estimate of drug-likeness (QED) is 0.734. The molecule has 2 atom stereocenters. The first-order valence-corrected chi connectivity index (χ1v) is 9.72. The van der Waals surface area contributed by atoms with Gasteiger partial charge in [-0.2, -0.15) is 0 Å². The summed E-state index contributed by atoms with van der Waals surface area (Å²) in [6.07, 6.45) is -0.305. The molecule has 2 aliphatic rings. The molecule has 0 bridgehead atoms. The third-order valence-electron chi connectivity index (χ3n) is 5.13. The first-order chi connectivity index (χ1) is 14.1. The van der Waals surface area contributed by atoms with E-state index in [1.807, 2.05) is 30.3 Å². The Kier molecular flexibility index (Phi) is 5.69. The van der Waals surface area contributed by atoms with E-state index in [1.165, 1.54) is 0 Å². The van der Waals surface area contributed by atoms with E-state index in [0.717, 1.165) is 28.4 Å². The highest BCUT2D eigenvalue weighted by atomic mass is 35.5. The van der Waals surface area contributed by atoms with Gasteiger partial charge >= 0.3 is 0 Å². The van der Waals surface area contributed by atoms with Crippen molar-refractivity contribution in [2.24, 2.45) is 11.1 Å². The number of nitrogens with one attached hydrogen (secondary N) is 1. The van der Waals surface area contributed by atoms with Crippen LogP contribution >= 0.6 is 11.6 Å². The van der Waals surface area contributed by atoms with Gasteiger partial charge in [0.25, 0.3) is 0 Å². The van der Waals surface area contributed by atoms with Gasteiger partial charge in [-0.05, 0) is 23.8 Å². The molecule has 2 heterocycles. The Balaban J connectivity index is 1.47. The van der Waals surface area contributed by atoms with Crippen LogP contribution in [0.15, 0.2) is 35.5 Å². The minimum atomic E-state index is -0.305. The van der Waals surface area contributed by atoms with E-state index in [2.05, 4.69) is 17.4 Å². The summed E-state index contributed by atoms with van der Waals surface area (Å²) in [6, 6.07) is 9.63. The van der Waals surface area contributed by atoms with Crippen molar-refractivity contribution >= 4 is 17.3 Å². The minimum Gasteiger partial charge on any atom is -0.493 e. The molecule has 0 aromatic heterocycles. The van der Waals surface area contributed by atoms with E-state index in [9.17, 15) is 0 Å². The molecule has 0 spiro atoms. The van der Waals surface area contributed by atoms with Gasteiger partial charge in [0.2, 0.25) is 18.3 Å². The molecule has 0 saturated carbocycles. The molecule has 0 saturated heterocycles. The highest BCUT2D eigenvalue weighted by Gasteiger charge is 2.37. The number of ether oxygens (including phenoxy) is 4. The maximum Gasteiger partial charge on any atom is 0.231 e. The lowest BCUT2D eigenvalue weighted by Gasteiger charge is -2.20. The van der Waals surface area contributed by atoms with Crippen LogP contribution in [0.25, 0.3) is 0 Å². The van der Waals surface area contributed by atoms with Gasteiger partial charge < -0.3 is 29.1 Å². The lowest BCUT2D eigenvalue weighted by atomic mass is 9.92. The fourth-order valence-electron chi connectivity index (χ4n) is 3.54. The standard InChI is InChI=1S/C21H23ClN2O5/c1-12-16(10-23-9-13-4-6-14(22)7-5-13)24-29-18(12)15-8-17(25-2)20-21(19(15)26-3)28-11-27-20/h4-8,12,18,23H,9-11H2,1-3H3/t12-,18+/m1/s1. The first kappa shape index (κ1) is 19.7. The molecule has 8 heteroatoms. The van der Waals surface area contributed by atoms with E-state index in [0.29, 0.717) is 29.5 Å². The van der Waals surface area contributed by atoms with Crippen LogP contribution in [0.3, 0.4) is 0 Å². The number of hydrogen-bond donors (Lipinski definition) is 1. The second-order valence-corrected chi connectivity index (χ2v) is 7.33. The summed E-state index contributed by atoms with van der Waals surface area (Å²) < 4.78 is 22.2. The number of fused-ring (bicyclic) bond motifs is 1. The van der Waals surface area contributed by atoms with E-state index in [-0.39, 0.29) is 18.8 Å². The van der Waals surface area contributed by atoms with Crippen LogP contribution in [0.5, 0.6) is 23.0 Å². The minimum absolute atomic E-state index is 0.0479. The van der Waals surface area contributed by atoms with Crippen LogP contribution in [-0.4, -0.2) is 33.3 Å². The number of rotatable bonds is 7. The molecule has 29 heavy (non-hydrogen) atoms. The lowest BCUT2D eigenvalue weighted by molar-refractivity contribution is 0.0628. The first-order valence-electron chi connectivity index (χ1n) is 9.34. The molecular weight excluding hydrogens is 396 g/mol. The molecule has 4 rings (SSSR count). The van der Waals surface area contributed by atoms with Crippen LogP contribution in [0.1, 0.15) is 24.2 Å². The van der Waals surface area contributed by atoms with Crippen molar-refractivity contribution in [2.45, 2.75) is 19.6 Å². The average Bonchev–Trinajstić information content (AvgIpc) is 3.36. The molecule has 2 aromatic rings. The van der Waals surface area contributed by atoms with Crippen molar-refractivity contribution in [1.82, 2.24) is 5.32 Å². The normalized spacial score (nSPS) is 19.7. The lowest BCUT2D eigenvalue weighted by Crippen LogP contribution is -2.27. The van der Waals surface area contributed by atoms with Gasteiger partial charge in [0.1, 0.15) is 0 Å². The Labute approximate surface area is 174 Å². The van der Waals surface area contributed by atoms with Crippen molar-refractivity contribution in [3.63, 3.8) is 0 Å². The molecule has 0 radical (unpaired) electrons. The maximum atomic E-state index is 5.93. The third kappa shape index (κ3) is 3.80. The molecule has 7 nitrogen and oxygen atoms in total. The molecule has 154 valence electrons. The molecule has 0 unspecified atom stereocenters. The Morgan fingerprint density at radius 1 is 1.10 bits per heavy atom. The van der Waals surface area contributed by atoms with E-state index in [4.69, 9.17) is 35.4 Å². The Hall–Kier alpha value is -2.64. The molecule has 0 aliphatic carbocycles. The summed E-state index contributed by atoms with van der Waals surface area (Å²) in [5, 5.41) is 8.44. The van der Waals surface area contributed by atoms with Gasteiger partial charge in [-0.15, -0.1) is 0 Å². The van der Waals surface area contributed by atoms with Crippen LogP contribution in [0.2, 0.25) is 5.02 Å². The van der Waals surface area contributed by atoms with Crippen molar-refractivity contribution in [2.75, 3.05) is 27.6 Å². The predicted octanol–water partition coefficient (Wildman–Crippen LogP) is 3.94. The second kappa shape index (κ2) is 8.39. The van der Waals surface area contributed by atoms with Gasteiger partial charge in [-0.25, -0.2) is 0 Å². The third-order valence-corrected chi connectivity index (χ3v) is 5.39. The zero-order valence-corrected chi connectivity index (χ0v) is 17.3. The number of halogens is 1. The molecular formula is C21H23ClN2O5. The zero-order chi connectivity index (χ0) is 20.4. The Bertz CT molecular complexity index is 916. The van der Waals surface area contributed by atoms with Crippen LogP contribution < -0.4 is 24.3 Å². The number of benzene rings is 2. The topological polar surface area (TPSA) is 70.5 Å². The number of oxime groups is 1. The summed E-state index contributed by atoms with van der Waals surface area (Å²) in [7, 11) is 3.19. The maximum absolute atomic E-state index is 5.93. The molecule has 1 N–H and O–H groups in total. The van der Waals surface area contributed by atoms with Gasteiger partial charge in [0.05, 0.1) is 19.9 Å². The summed E-state index contributed by atoms with van der Waals surface area (Å²) in [6.45, 7) is 3.54. The van der Waals surface area contributed by atoms with Crippen molar-refractivity contribution in [1.29, 1.82) is 0 Å². The largest absolute Gasteiger partial charge is 0.493 e. The summed E-state index contributed by atoms with van der Waals surface area (Å²) in [5.74, 6) is 2.29. The smallest absolute Gasteiger partial charge is 0.231 e. The Morgan fingerprint density at radius 2 is 1.86 bits per heavy atom. The summed E-state index contributed by atoms with van der Waals surface area (Å²) in [5.41, 5.74) is 2.90. The highest BCUT2D eigenvalue weighted by molar-refractivity contribution is 6.30. The predicted molar refractivity (Wildman–Crippen MR) is 109 cm³/mol. The Morgan fingerprint density at radius 3 is 2.59 bits per heavy atom. The molecule has 0 amide bonds. The van der Waals surface area contributed by atoms with Crippen LogP contribution in [-0.2, 0) is 11.4 Å². The fraction of sp³-hybridized carbons (Fsp3) is 0.381. The highest BCUT2D eigenvalue weighted by Crippen LogP contribution is 2.52. The van der Waals surface area contributed by atoms with Crippen LogP contribution in [0, 0.1) is 5.92 Å². The average molecular weight is 419 g/mol. The van der Waals surface area contributed by atoms with Gasteiger partial charge in [-0.1, -0.05) is 35.8 Å². The van der Waals surface area contributed by atoms with E-state index >= 15 is 0 Å². The summed E-state index contributed by atoms with van der Waals surface area (Å²) >= 11 is 5.93. The molecule has 0 fully saturated rings. The zero-order valence-electron chi connectivity index (χ0n) is 16.5. The van der Waals surface area contributed by atoms with Gasteiger partial charge in [0, 0.05) is 29.6 Å². The van der Waals surface area contributed by atoms with E-state index in [1.54, 1.807) is 14.2 Å². The van der Waals surface area contributed by atoms with Gasteiger partial charge in [-0.3, -0.25) is 0 Å². The number of nitrogens with zero attached hydrogens (tertiary/aromatic N) is 1. The number of methoxy groups -OCH3 is 2. The van der Waals surface area contributed by atoms with Crippen molar-refractivity contribution in [3.05, 3.63) is 46.5 Å². The molecule has 2 aliphatic heterocycles. The van der Waals surface area contributed by atoms with Crippen molar-refractivity contribution in [3.8, 4) is 23.0 Å². The monoisotopic (exact) mass is 418 g/mol.